The van der Waals surface area contributed by atoms with Crippen molar-refractivity contribution in [2.75, 3.05) is 6.54 Å². The van der Waals surface area contributed by atoms with E-state index in [0.29, 0.717) is 12.5 Å². The topological polar surface area (TPSA) is 101 Å². The number of benzene rings is 1. The van der Waals surface area contributed by atoms with Gasteiger partial charge in [0, 0.05) is 12.5 Å². The zero-order valence-electron chi connectivity index (χ0n) is 16.9. The second-order valence-corrected chi connectivity index (χ2v) is 8.20. The van der Waals surface area contributed by atoms with Crippen molar-refractivity contribution in [1.29, 1.82) is 5.41 Å². The predicted octanol–water partition coefficient (Wildman–Crippen LogP) is 4.22. The summed E-state index contributed by atoms with van der Waals surface area (Å²) in [6, 6.07) is 9.43. The summed E-state index contributed by atoms with van der Waals surface area (Å²) in [4.78, 5) is 23.6. The van der Waals surface area contributed by atoms with E-state index in [9.17, 15) is 9.59 Å². The number of alkyl carbamates (subject to hydrolysis) is 2. The first-order chi connectivity index (χ1) is 13.2. The number of amides is 2. The molecule has 154 valence electrons. The van der Waals surface area contributed by atoms with Crippen molar-refractivity contribution in [3.05, 3.63) is 35.9 Å². The number of carbonyl (C=O) groups excluding carboxylic acids is 2. The van der Waals surface area contributed by atoms with Gasteiger partial charge in [0.25, 0.3) is 0 Å². The maximum atomic E-state index is 11.9. The minimum absolute atomic E-state index is 0.0158. The monoisotopic (exact) mass is 389 g/mol. The summed E-state index contributed by atoms with van der Waals surface area (Å²) in [5.74, 6) is 0.584. The quantitative estimate of drug-likeness (QED) is 0.518. The second-order valence-electron chi connectivity index (χ2n) is 8.20. The van der Waals surface area contributed by atoms with Crippen molar-refractivity contribution in [3.8, 4) is 0 Å². The van der Waals surface area contributed by atoms with Crippen LogP contribution in [0.3, 0.4) is 0 Å². The van der Waals surface area contributed by atoms with E-state index in [1.807, 2.05) is 51.1 Å². The highest BCUT2D eigenvalue weighted by Crippen LogP contribution is 2.28. The number of rotatable bonds is 5. The van der Waals surface area contributed by atoms with Crippen LogP contribution in [0.5, 0.6) is 0 Å². The Hall–Kier alpha value is -2.57. The van der Waals surface area contributed by atoms with E-state index in [2.05, 4.69) is 10.6 Å². The molecule has 1 aromatic carbocycles. The van der Waals surface area contributed by atoms with Crippen LogP contribution in [0.1, 0.15) is 52.0 Å². The summed E-state index contributed by atoms with van der Waals surface area (Å²) < 4.78 is 10.4. The fourth-order valence-corrected chi connectivity index (χ4v) is 3.17. The number of hydrogen-bond acceptors (Lipinski definition) is 5. The average molecular weight is 389 g/mol. The third kappa shape index (κ3) is 7.98. The van der Waals surface area contributed by atoms with E-state index in [1.165, 1.54) is 0 Å². The van der Waals surface area contributed by atoms with Gasteiger partial charge in [0.15, 0.2) is 0 Å². The van der Waals surface area contributed by atoms with Crippen LogP contribution in [0.25, 0.3) is 0 Å². The molecule has 0 bridgehead atoms. The van der Waals surface area contributed by atoms with Gasteiger partial charge >= 0.3 is 12.2 Å². The van der Waals surface area contributed by atoms with E-state index in [-0.39, 0.29) is 18.4 Å². The lowest BCUT2D eigenvalue weighted by molar-refractivity contribution is 0.0514. The molecule has 1 saturated carbocycles. The molecule has 7 heteroatoms. The van der Waals surface area contributed by atoms with Gasteiger partial charge in [-0.15, -0.1) is 0 Å². The summed E-state index contributed by atoms with van der Waals surface area (Å²) in [6.07, 6.45) is 2.40. The lowest BCUT2D eigenvalue weighted by Crippen LogP contribution is -2.39. The van der Waals surface area contributed by atoms with Crippen LogP contribution in [-0.2, 0) is 16.1 Å². The maximum Gasteiger partial charge on any atom is 0.412 e. The van der Waals surface area contributed by atoms with Crippen molar-refractivity contribution in [1.82, 2.24) is 10.6 Å². The van der Waals surface area contributed by atoms with Gasteiger partial charge in [-0.05, 0) is 57.9 Å². The summed E-state index contributed by atoms with van der Waals surface area (Å²) in [7, 11) is 0. The average Bonchev–Trinajstić information content (AvgIpc) is 2.64. The largest absolute Gasteiger partial charge is 0.444 e. The number of hydrogen-bond donors (Lipinski definition) is 3. The first-order valence-electron chi connectivity index (χ1n) is 9.76. The fourth-order valence-electron chi connectivity index (χ4n) is 3.17. The molecule has 3 N–H and O–H groups in total. The molecule has 2 amide bonds. The van der Waals surface area contributed by atoms with Crippen molar-refractivity contribution in [3.63, 3.8) is 0 Å². The Morgan fingerprint density at radius 2 is 1.71 bits per heavy atom. The molecule has 2 rings (SSSR count). The van der Waals surface area contributed by atoms with Crippen molar-refractivity contribution in [2.24, 2.45) is 11.8 Å². The Bertz CT molecular complexity index is 662. The van der Waals surface area contributed by atoms with E-state index in [0.717, 1.165) is 31.2 Å². The van der Waals surface area contributed by atoms with Gasteiger partial charge in [-0.1, -0.05) is 30.3 Å². The highest BCUT2D eigenvalue weighted by atomic mass is 16.6. The molecule has 0 spiro atoms. The van der Waals surface area contributed by atoms with Crippen LogP contribution in [0.15, 0.2) is 30.3 Å². The van der Waals surface area contributed by atoms with Gasteiger partial charge in [0.05, 0.1) is 0 Å². The SMILES string of the molecule is CC(C)(C)OC(=O)NCC1CCC(C(=N)NC(=O)OCc2ccccc2)CC1. The molecule has 0 aliphatic heterocycles. The predicted molar refractivity (Wildman–Crippen MR) is 107 cm³/mol. The Balaban J connectivity index is 1.64. The van der Waals surface area contributed by atoms with Gasteiger partial charge in [0.2, 0.25) is 0 Å². The van der Waals surface area contributed by atoms with Gasteiger partial charge in [-0.25, -0.2) is 9.59 Å². The summed E-state index contributed by atoms with van der Waals surface area (Å²) >= 11 is 0. The lowest BCUT2D eigenvalue weighted by atomic mass is 9.81. The van der Waals surface area contributed by atoms with E-state index in [4.69, 9.17) is 14.9 Å². The normalized spacial score (nSPS) is 19.4. The zero-order chi connectivity index (χ0) is 20.6. The van der Waals surface area contributed by atoms with Gasteiger partial charge in [-0.2, -0.15) is 0 Å². The highest BCUT2D eigenvalue weighted by Gasteiger charge is 2.26. The van der Waals surface area contributed by atoms with E-state index >= 15 is 0 Å². The number of ether oxygens (including phenoxy) is 2. The molecular formula is C21H31N3O4. The number of amidine groups is 1. The smallest absolute Gasteiger partial charge is 0.412 e. The van der Waals surface area contributed by atoms with Crippen molar-refractivity contribution >= 4 is 18.0 Å². The van der Waals surface area contributed by atoms with E-state index < -0.39 is 17.8 Å². The molecule has 1 aliphatic rings. The summed E-state index contributed by atoms with van der Waals surface area (Å²) in [5, 5.41) is 13.5. The molecule has 0 atom stereocenters. The standard InChI is InChI=1S/C21H31N3O4/c1-21(2,3)28-19(25)23-13-15-9-11-17(12-10-15)18(22)24-20(26)27-14-16-7-5-4-6-8-16/h4-8,15,17H,9-14H2,1-3H3,(H,23,25)(H2,22,24,26). The first-order valence-corrected chi connectivity index (χ1v) is 9.76. The maximum absolute atomic E-state index is 11.9. The van der Waals surface area contributed by atoms with Crippen molar-refractivity contribution < 1.29 is 19.1 Å². The molecule has 0 aromatic heterocycles. The van der Waals surface area contributed by atoms with Gasteiger partial charge in [0.1, 0.15) is 18.0 Å². The third-order valence-electron chi connectivity index (χ3n) is 4.64. The molecule has 1 aromatic rings. The van der Waals surface area contributed by atoms with Crippen LogP contribution >= 0.6 is 0 Å². The molecular weight excluding hydrogens is 358 g/mol. The van der Waals surface area contributed by atoms with Crippen molar-refractivity contribution in [2.45, 2.75) is 58.7 Å². The molecule has 0 heterocycles. The van der Waals surface area contributed by atoms with Gasteiger partial charge < -0.3 is 14.8 Å². The Morgan fingerprint density at radius 3 is 2.32 bits per heavy atom. The van der Waals surface area contributed by atoms with Crippen LogP contribution in [-0.4, -0.2) is 30.2 Å². The van der Waals surface area contributed by atoms with Crippen LogP contribution in [0.4, 0.5) is 9.59 Å². The van der Waals surface area contributed by atoms with Crippen LogP contribution in [0, 0.1) is 17.2 Å². The molecule has 7 nitrogen and oxygen atoms in total. The highest BCUT2D eigenvalue weighted by molar-refractivity contribution is 5.94. The summed E-state index contributed by atoms with van der Waals surface area (Å²) in [6.45, 7) is 6.26. The Labute approximate surface area is 166 Å². The summed E-state index contributed by atoms with van der Waals surface area (Å²) in [5.41, 5.74) is 0.402. The minimum Gasteiger partial charge on any atom is -0.444 e. The third-order valence-corrected chi connectivity index (χ3v) is 4.64. The number of nitrogens with one attached hydrogen (secondary N) is 3. The molecule has 0 saturated heterocycles. The molecule has 1 fully saturated rings. The van der Waals surface area contributed by atoms with Gasteiger partial charge in [-0.3, -0.25) is 10.7 Å². The number of carbonyl (C=O) groups is 2. The lowest BCUT2D eigenvalue weighted by Gasteiger charge is -2.29. The Kier molecular flexibility index (Phi) is 7.84. The van der Waals surface area contributed by atoms with Crippen LogP contribution in [0.2, 0.25) is 0 Å². The van der Waals surface area contributed by atoms with Crippen LogP contribution < -0.4 is 10.6 Å². The second kappa shape index (κ2) is 10.1. The molecule has 1 aliphatic carbocycles. The first kappa shape index (κ1) is 21.7. The fraction of sp³-hybridized carbons (Fsp3) is 0.571. The van der Waals surface area contributed by atoms with E-state index in [1.54, 1.807) is 0 Å². The molecule has 28 heavy (non-hydrogen) atoms. The minimum atomic E-state index is -0.595. The Morgan fingerprint density at radius 1 is 1.07 bits per heavy atom. The molecule has 0 unspecified atom stereocenters. The zero-order valence-corrected chi connectivity index (χ0v) is 16.9. The molecule has 0 radical (unpaired) electrons.